The van der Waals surface area contributed by atoms with Crippen LogP contribution >= 0.6 is 0 Å². The first-order valence-corrected chi connectivity index (χ1v) is 5.40. The normalized spacial score (nSPS) is 18.2. The lowest BCUT2D eigenvalue weighted by molar-refractivity contribution is -0.389. The number of rotatable bonds is 6. The van der Waals surface area contributed by atoms with Crippen LogP contribution in [0.2, 0.25) is 0 Å². The van der Waals surface area contributed by atoms with Gasteiger partial charge in [0, 0.05) is 0 Å². The van der Waals surface area contributed by atoms with Crippen LogP contribution in [-0.4, -0.2) is 39.6 Å². The predicted molar refractivity (Wildman–Crippen MR) is 65.4 cm³/mol. The molecule has 1 aromatic rings. The lowest BCUT2D eigenvalue weighted by Crippen LogP contribution is -2.32. The summed E-state index contributed by atoms with van der Waals surface area (Å²) in [7, 11) is 0. The molecule has 1 aliphatic rings. The lowest BCUT2D eigenvalue weighted by atomic mass is 10.1. The fourth-order valence-corrected chi connectivity index (χ4v) is 1.45. The lowest BCUT2D eigenvalue weighted by Gasteiger charge is -2.23. The summed E-state index contributed by atoms with van der Waals surface area (Å²) in [5.41, 5.74) is -0.425. The van der Waals surface area contributed by atoms with Crippen molar-refractivity contribution in [2.45, 2.75) is 39.5 Å². The molecule has 7 nitrogen and oxygen atoms in total. The highest BCUT2D eigenvalue weighted by molar-refractivity contribution is 5.14. The third-order valence-corrected chi connectivity index (χ3v) is 2.42. The van der Waals surface area contributed by atoms with Gasteiger partial charge in [-0.1, -0.05) is 7.43 Å². The second-order valence-corrected chi connectivity index (χ2v) is 4.65. The summed E-state index contributed by atoms with van der Waals surface area (Å²) in [5, 5.41) is 14.3. The minimum atomic E-state index is -0.512. The van der Waals surface area contributed by atoms with Gasteiger partial charge in [0.15, 0.2) is 0 Å². The molecule has 0 amide bonds. The van der Waals surface area contributed by atoms with Crippen LogP contribution in [0.3, 0.4) is 0 Å². The Balaban J connectivity index is 0.00000162. The molecule has 1 aromatic heterocycles. The van der Waals surface area contributed by atoms with Gasteiger partial charge in [-0.05, 0) is 18.8 Å². The van der Waals surface area contributed by atoms with E-state index in [1.54, 1.807) is 6.20 Å². The van der Waals surface area contributed by atoms with E-state index in [-0.39, 0.29) is 19.3 Å². The van der Waals surface area contributed by atoms with Gasteiger partial charge in [0.1, 0.15) is 6.10 Å². The molecule has 7 heteroatoms. The third kappa shape index (κ3) is 4.08. The van der Waals surface area contributed by atoms with Crippen molar-refractivity contribution in [3.63, 3.8) is 0 Å². The van der Waals surface area contributed by atoms with Crippen molar-refractivity contribution in [3.05, 3.63) is 22.4 Å². The maximum atomic E-state index is 10.5. The minimum absolute atomic E-state index is 0. The van der Waals surface area contributed by atoms with Gasteiger partial charge in [0.2, 0.25) is 0 Å². The summed E-state index contributed by atoms with van der Waals surface area (Å²) in [4.78, 5) is 9.97. The molecule has 1 atom stereocenters. The monoisotopic (exact) mass is 257 g/mol. The second-order valence-electron chi connectivity index (χ2n) is 4.65. The van der Waals surface area contributed by atoms with E-state index in [9.17, 15) is 10.1 Å². The van der Waals surface area contributed by atoms with Crippen LogP contribution in [0, 0.1) is 10.1 Å². The molecule has 0 aromatic carbocycles. The average molecular weight is 257 g/mol. The Labute approximate surface area is 106 Å². The van der Waals surface area contributed by atoms with E-state index < -0.39 is 10.5 Å². The van der Waals surface area contributed by atoms with Gasteiger partial charge in [-0.25, -0.2) is 0 Å². The number of aromatic nitrogens is 2. The van der Waals surface area contributed by atoms with Crippen molar-refractivity contribution >= 4 is 5.82 Å². The molecule has 1 fully saturated rings. The summed E-state index contributed by atoms with van der Waals surface area (Å²) in [6, 6.07) is 1.38. The first-order chi connectivity index (χ1) is 7.96. The van der Waals surface area contributed by atoms with E-state index in [0.717, 1.165) is 6.61 Å². The van der Waals surface area contributed by atoms with Gasteiger partial charge < -0.3 is 19.6 Å². The quantitative estimate of drug-likeness (QED) is 0.439. The van der Waals surface area contributed by atoms with Crippen LogP contribution in [0.25, 0.3) is 0 Å². The molecular formula is C11H19N3O4. The molecule has 18 heavy (non-hydrogen) atoms. The summed E-state index contributed by atoms with van der Waals surface area (Å²) in [6.45, 7) is 5.61. The molecule has 0 aliphatic carbocycles. The van der Waals surface area contributed by atoms with Crippen molar-refractivity contribution in [1.82, 2.24) is 9.78 Å². The zero-order chi connectivity index (χ0) is 12.5. The van der Waals surface area contributed by atoms with E-state index in [1.165, 1.54) is 10.7 Å². The number of hydrogen-bond acceptors (Lipinski definition) is 5. The molecular weight excluding hydrogens is 238 g/mol. The van der Waals surface area contributed by atoms with Crippen molar-refractivity contribution in [2.24, 2.45) is 0 Å². The Bertz CT molecular complexity index is 412. The molecule has 1 aliphatic heterocycles. The van der Waals surface area contributed by atoms with E-state index in [0.29, 0.717) is 13.2 Å². The van der Waals surface area contributed by atoms with Gasteiger partial charge in [-0.15, -0.1) is 0 Å². The predicted octanol–water partition coefficient (Wildman–Crippen LogP) is 1.62. The Morgan fingerprint density at radius 2 is 2.39 bits per heavy atom. The van der Waals surface area contributed by atoms with E-state index in [4.69, 9.17) is 9.47 Å². The summed E-state index contributed by atoms with van der Waals surface area (Å²) in [5.74, 6) is -0.147. The number of epoxide rings is 1. The first kappa shape index (κ1) is 14.6. The van der Waals surface area contributed by atoms with Gasteiger partial charge in [-0.3, -0.25) is 0 Å². The highest BCUT2D eigenvalue weighted by Gasteiger charge is 2.28. The molecule has 0 N–H and O–H groups in total. The highest BCUT2D eigenvalue weighted by Crippen LogP contribution is 2.18. The van der Waals surface area contributed by atoms with E-state index >= 15 is 0 Å². The fourth-order valence-electron chi connectivity index (χ4n) is 1.45. The Kier molecular flexibility index (Phi) is 4.42. The number of ether oxygens (including phenoxy) is 2. The highest BCUT2D eigenvalue weighted by atomic mass is 16.6. The molecule has 0 bridgehead atoms. The smallest absolute Gasteiger partial charge is 0.371 e. The van der Waals surface area contributed by atoms with Gasteiger partial charge >= 0.3 is 5.82 Å². The van der Waals surface area contributed by atoms with Gasteiger partial charge in [-0.2, -0.15) is 4.68 Å². The number of nitro groups is 1. The first-order valence-electron chi connectivity index (χ1n) is 5.40. The Hall–Kier alpha value is -1.47. The maximum absolute atomic E-state index is 10.5. The Morgan fingerprint density at radius 1 is 1.72 bits per heavy atom. The van der Waals surface area contributed by atoms with Crippen molar-refractivity contribution < 1.29 is 14.4 Å². The zero-order valence-electron chi connectivity index (χ0n) is 9.83. The van der Waals surface area contributed by atoms with Crippen LogP contribution in [-0.2, 0) is 16.0 Å². The van der Waals surface area contributed by atoms with E-state index in [2.05, 4.69) is 5.10 Å². The molecule has 2 rings (SSSR count). The van der Waals surface area contributed by atoms with E-state index in [1.807, 2.05) is 13.8 Å². The SMILES string of the molecule is C.CC(C)(Cn1ccc([N+](=O)[O-])n1)OC[C@H]1CO1. The molecule has 1 saturated heterocycles. The number of nitrogens with zero attached hydrogens (tertiary/aromatic N) is 3. The molecule has 2 heterocycles. The zero-order valence-corrected chi connectivity index (χ0v) is 9.83. The van der Waals surface area contributed by atoms with Crippen LogP contribution in [0.5, 0.6) is 0 Å². The largest absolute Gasteiger partial charge is 0.389 e. The standard InChI is InChI=1S/C10H15N3O4.CH4/c1-10(2,17-6-8-5-16-8)7-12-4-3-9(11-12)13(14)15;/h3-4,8H,5-7H2,1-2H3;1H4/t8-;/m1./s1. The van der Waals surface area contributed by atoms with Crippen molar-refractivity contribution in [1.29, 1.82) is 0 Å². The van der Waals surface area contributed by atoms with Crippen LogP contribution < -0.4 is 0 Å². The summed E-state index contributed by atoms with van der Waals surface area (Å²) in [6.07, 6.45) is 1.79. The topological polar surface area (TPSA) is 82.7 Å². The third-order valence-electron chi connectivity index (χ3n) is 2.42. The molecule has 102 valence electrons. The van der Waals surface area contributed by atoms with Gasteiger partial charge in [0.25, 0.3) is 0 Å². The maximum Gasteiger partial charge on any atom is 0.389 e. The summed E-state index contributed by atoms with van der Waals surface area (Å²) >= 11 is 0. The Morgan fingerprint density at radius 3 is 2.89 bits per heavy atom. The average Bonchev–Trinajstić information content (AvgIpc) is 2.95. The minimum Gasteiger partial charge on any atom is -0.371 e. The molecule has 0 saturated carbocycles. The van der Waals surface area contributed by atoms with Crippen LogP contribution in [0.1, 0.15) is 21.3 Å². The molecule has 0 unspecified atom stereocenters. The fraction of sp³-hybridized carbons (Fsp3) is 0.727. The molecule has 0 radical (unpaired) electrons. The van der Waals surface area contributed by atoms with Crippen LogP contribution in [0.15, 0.2) is 12.3 Å². The van der Waals surface area contributed by atoms with Crippen molar-refractivity contribution in [3.8, 4) is 0 Å². The molecule has 0 spiro atoms. The van der Waals surface area contributed by atoms with Crippen molar-refractivity contribution in [2.75, 3.05) is 13.2 Å². The summed E-state index contributed by atoms with van der Waals surface area (Å²) < 4.78 is 12.2. The second kappa shape index (κ2) is 5.45. The van der Waals surface area contributed by atoms with Gasteiger partial charge in [0.05, 0.1) is 42.7 Å². The van der Waals surface area contributed by atoms with Crippen LogP contribution in [0.4, 0.5) is 5.82 Å². The number of hydrogen-bond donors (Lipinski definition) is 0.